The van der Waals surface area contributed by atoms with E-state index in [1.165, 1.54) is 19.1 Å². The van der Waals surface area contributed by atoms with Crippen molar-refractivity contribution in [1.29, 1.82) is 0 Å². The van der Waals surface area contributed by atoms with Crippen LogP contribution >= 0.6 is 11.8 Å². The van der Waals surface area contributed by atoms with Crippen molar-refractivity contribution in [1.82, 2.24) is 15.2 Å². The summed E-state index contributed by atoms with van der Waals surface area (Å²) in [5, 5.41) is 12.9. The van der Waals surface area contributed by atoms with Crippen molar-refractivity contribution in [3.8, 4) is 11.3 Å². The quantitative estimate of drug-likeness (QED) is 0.465. The Morgan fingerprint density at radius 1 is 1.09 bits per heavy atom. The largest absolute Gasteiger partial charge is 0.416 e. The van der Waals surface area contributed by atoms with E-state index >= 15 is 0 Å². The van der Waals surface area contributed by atoms with E-state index in [1.807, 2.05) is 0 Å². The zero-order valence-corrected chi connectivity index (χ0v) is 18.2. The van der Waals surface area contributed by atoms with E-state index in [4.69, 9.17) is 0 Å². The van der Waals surface area contributed by atoms with Gasteiger partial charge in [0, 0.05) is 18.2 Å². The van der Waals surface area contributed by atoms with Crippen LogP contribution in [-0.4, -0.2) is 32.7 Å². The lowest BCUT2D eigenvalue weighted by Gasteiger charge is -2.12. The number of aromatic nitrogens is 3. The molecule has 2 amide bonds. The zero-order valence-electron chi connectivity index (χ0n) is 17.4. The summed E-state index contributed by atoms with van der Waals surface area (Å²) in [6.45, 7) is 3.11. The summed E-state index contributed by atoms with van der Waals surface area (Å²) in [5.74, 6) is -1.12. The lowest BCUT2D eigenvalue weighted by atomic mass is 10.1. The Hall–Kier alpha value is -3.67. The molecule has 3 rings (SSSR count). The highest BCUT2D eigenvalue weighted by Gasteiger charge is 2.30. The molecule has 1 heterocycles. The molecule has 1 aromatic heterocycles. The van der Waals surface area contributed by atoms with E-state index in [1.54, 1.807) is 25.1 Å². The van der Waals surface area contributed by atoms with Crippen LogP contribution in [0.5, 0.6) is 0 Å². The van der Waals surface area contributed by atoms with E-state index in [0.29, 0.717) is 11.3 Å². The van der Waals surface area contributed by atoms with Crippen LogP contribution < -0.4 is 16.2 Å². The van der Waals surface area contributed by atoms with Crippen molar-refractivity contribution in [2.45, 2.75) is 25.2 Å². The number of alkyl halides is 3. The van der Waals surface area contributed by atoms with Gasteiger partial charge in [-0.15, -0.1) is 10.2 Å². The number of nitrogens with one attached hydrogen (secondary N) is 3. The van der Waals surface area contributed by atoms with Gasteiger partial charge in [0.15, 0.2) is 10.9 Å². The van der Waals surface area contributed by atoms with Crippen molar-refractivity contribution in [3.05, 3.63) is 63.9 Å². The molecule has 0 unspecified atom stereocenters. The molecule has 0 radical (unpaired) electrons. The van der Waals surface area contributed by atoms with Crippen LogP contribution in [0.15, 0.2) is 52.4 Å². The summed E-state index contributed by atoms with van der Waals surface area (Å²) < 4.78 is 38.4. The minimum Gasteiger partial charge on any atom is -0.325 e. The summed E-state index contributed by atoms with van der Waals surface area (Å²) >= 11 is 0.860. The molecule has 0 atom stereocenters. The number of rotatable bonds is 6. The van der Waals surface area contributed by atoms with Crippen molar-refractivity contribution in [2.24, 2.45) is 0 Å². The van der Waals surface area contributed by atoms with Gasteiger partial charge in [0.05, 0.1) is 17.0 Å². The Kier molecular flexibility index (Phi) is 7.16. The second kappa shape index (κ2) is 9.86. The predicted octanol–water partition coefficient (Wildman–Crippen LogP) is 3.85. The molecular weight excluding hydrogens is 459 g/mol. The second-order valence-electron chi connectivity index (χ2n) is 6.90. The van der Waals surface area contributed by atoms with Crippen molar-refractivity contribution < 1.29 is 22.8 Å². The lowest BCUT2D eigenvalue weighted by Crippen LogP contribution is -2.18. The maximum absolute atomic E-state index is 12.8. The van der Waals surface area contributed by atoms with E-state index in [9.17, 15) is 27.6 Å². The Labute approximate surface area is 190 Å². The number of carbonyl (C=O) groups is 2. The number of nitrogens with zero attached hydrogens (tertiary/aromatic N) is 2. The van der Waals surface area contributed by atoms with Crippen LogP contribution in [0.4, 0.5) is 24.5 Å². The molecule has 3 N–H and O–H groups in total. The monoisotopic (exact) mass is 477 g/mol. The lowest BCUT2D eigenvalue weighted by molar-refractivity contribution is -0.137. The highest BCUT2D eigenvalue weighted by Crippen LogP contribution is 2.31. The molecule has 0 aliphatic heterocycles. The third kappa shape index (κ3) is 6.19. The summed E-state index contributed by atoms with van der Waals surface area (Å²) in [5.41, 5.74) is 0.0732. The Morgan fingerprint density at radius 2 is 1.82 bits per heavy atom. The van der Waals surface area contributed by atoms with Gasteiger partial charge in [-0.3, -0.25) is 19.4 Å². The number of hydrogen-bond acceptors (Lipinski definition) is 6. The van der Waals surface area contributed by atoms with Gasteiger partial charge in [0.2, 0.25) is 11.8 Å². The average Bonchev–Trinajstić information content (AvgIpc) is 2.73. The van der Waals surface area contributed by atoms with E-state index in [-0.39, 0.29) is 28.2 Å². The maximum atomic E-state index is 12.8. The van der Waals surface area contributed by atoms with Gasteiger partial charge >= 0.3 is 6.18 Å². The minimum atomic E-state index is -4.52. The van der Waals surface area contributed by atoms with Crippen molar-refractivity contribution >= 4 is 35.0 Å². The summed E-state index contributed by atoms with van der Waals surface area (Å²) in [6.07, 6.45) is -4.52. The first kappa shape index (κ1) is 24.0. The van der Waals surface area contributed by atoms with Gasteiger partial charge in [-0.2, -0.15) is 13.2 Å². The Morgan fingerprint density at radius 3 is 2.48 bits per heavy atom. The molecule has 2 aromatic carbocycles. The topological polar surface area (TPSA) is 117 Å². The molecule has 3 aromatic rings. The van der Waals surface area contributed by atoms with Crippen LogP contribution in [0, 0.1) is 6.92 Å². The first-order valence-electron chi connectivity index (χ1n) is 9.49. The first-order chi connectivity index (χ1) is 15.5. The average molecular weight is 477 g/mol. The number of amides is 2. The number of carbonyl (C=O) groups excluding carboxylic acids is 2. The molecule has 0 fully saturated rings. The SMILES string of the molecule is CC(=O)Nc1c(C)cccc1-c1nnc(SCC(=O)Nc2cccc(C(F)(F)F)c2)[nH]c1=O. The molecular formula is C21H18F3N5O3S. The fourth-order valence-corrected chi connectivity index (χ4v) is 3.48. The first-order valence-corrected chi connectivity index (χ1v) is 10.5. The fourth-order valence-electron chi connectivity index (χ4n) is 2.87. The van der Waals surface area contributed by atoms with Crippen molar-refractivity contribution in [2.75, 3.05) is 16.4 Å². The molecule has 0 saturated carbocycles. The number of para-hydroxylation sites is 1. The molecule has 0 aliphatic rings. The van der Waals surface area contributed by atoms with Gasteiger partial charge in [-0.25, -0.2) is 0 Å². The molecule has 33 heavy (non-hydrogen) atoms. The van der Waals surface area contributed by atoms with Gasteiger partial charge < -0.3 is 10.6 Å². The summed E-state index contributed by atoms with van der Waals surface area (Å²) in [7, 11) is 0. The summed E-state index contributed by atoms with van der Waals surface area (Å²) in [6, 6.07) is 9.34. The van der Waals surface area contributed by atoms with Gasteiger partial charge in [-0.1, -0.05) is 36.0 Å². The molecule has 8 nitrogen and oxygen atoms in total. The standard InChI is InChI=1S/C21H18F3N5O3S/c1-11-5-3-8-15(17(11)25-12(2)30)18-19(32)27-20(29-28-18)33-10-16(31)26-14-7-4-6-13(9-14)21(22,23)24/h3-9H,10H2,1-2H3,(H,25,30)(H,26,31)(H,27,29,32). The zero-order chi connectivity index (χ0) is 24.2. The van der Waals surface area contributed by atoms with Crippen LogP contribution in [-0.2, 0) is 15.8 Å². The third-order valence-electron chi connectivity index (χ3n) is 4.32. The third-order valence-corrected chi connectivity index (χ3v) is 5.18. The Bertz CT molecular complexity index is 1260. The van der Waals surface area contributed by atoms with Crippen LogP contribution in [0.1, 0.15) is 18.1 Å². The molecule has 0 bridgehead atoms. The molecule has 172 valence electrons. The molecule has 12 heteroatoms. The number of anilines is 2. The van der Waals surface area contributed by atoms with Crippen LogP contribution in [0.2, 0.25) is 0 Å². The molecule has 0 spiro atoms. The van der Waals surface area contributed by atoms with Crippen LogP contribution in [0.3, 0.4) is 0 Å². The number of hydrogen-bond donors (Lipinski definition) is 3. The van der Waals surface area contributed by atoms with E-state index in [2.05, 4.69) is 25.8 Å². The number of H-pyrrole nitrogens is 1. The number of halogens is 3. The van der Waals surface area contributed by atoms with E-state index in [0.717, 1.165) is 29.5 Å². The Balaban J connectivity index is 1.71. The highest BCUT2D eigenvalue weighted by atomic mass is 32.2. The second-order valence-corrected chi connectivity index (χ2v) is 7.87. The van der Waals surface area contributed by atoms with Gasteiger partial charge in [-0.05, 0) is 30.7 Å². The number of aryl methyl sites for hydroxylation is 1. The maximum Gasteiger partial charge on any atom is 0.416 e. The number of benzene rings is 2. The van der Waals surface area contributed by atoms with E-state index < -0.39 is 23.2 Å². The molecule has 0 aliphatic carbocycles. The highest BCUT2D eigenvalue weighted by molar-refractivity contribution is 7.99. The number of aromatic amines is 1. The predicted molar refractivity (Wildman–Crippen MR) is 118 cm³/mol. The smallest absolute Gasteiger partial charge is 0.325 e. The minimum absolute atomic E-state index is 0.00435. The van der Waals surface area contributed by atoms with Crippen LogP contribution in [0.25, 0.3) is 11.3 Å². The molecule has 0 saturated heterocycles. The van der Waals surface area contributed by atoms with Crippen molar-refractivity contribution in [3.63, 3.8) is 0 Å². The fraction of sp³-hybridized carbons (Fsp3) is 0.190. The van der Waals surface area contributed by atoms with Gasteiger partial charge in [0.1, 0.15) is 0 Å². The normalized spacial score (nSPS) is 11.2. The number of thioether (sulfide) groups is 1. The van der Waals surface area contributed by atoms with Gasteiger partial charge in [0.25, 0.3) is 5.56 Å². The summed E-state index contributed by atoms with van der Waals surface area (Å²) in [4.78, 5) is 38.7.